The van der Waals surface area contributed by atoms with Crippen molar-refractivity contribution >= 4 is 11.8 Å². The SMILES string of the molecule is CCCCCC(=O)C#CC(=O)OC. The summed E-state index contributed by atoms with van der Waals surface area (Å²) < 4.78 is 4.26. The summed E-state index contributed by atoms with van der Waals surface area (Å²) in [7, 11) is 1.23. The van der Waals surface area contributed by atoms with Crippen LogP contribution in [0, 0.1) is 11.8 Å². The molecular weight excluding hydrogens is 168 g/mol. The zero-order chi connectivity index (χ0) is 10.1. The summed E-state index contributed by atoms with van der Waals surface area (Å²) in [6.07, 6.45) is 3.35. The fourth-order valence-corrected chi connectivity index (χ4v) is 0.770. The average Bonchev–Trinajstić information content (AvgIpc) is 2.14. The van der Waals surface area contributed by atoms with Crippen molar-refractivity contribution < 1.29 is 14.3 Å². The van der Waals surface area contributed by atoms with Crippen LogP contribution in [0.15, 0.2) is 0 Å². The van der Waals surface area contributed by atoms with Gasteiger partial charge in [0.15, 0.2) is 0 Å². The van der Waals surface area contributed by atoms with E-state index >= 15 is 0 Å². The summed E-state index contributed by atoms with van der Waals surface area (Å²) in [5, 5.41) is 0. The van der Waals surface area contributed by atoms with E-state index in [1.54, 1.807) is 0 Å². The van der Waals surface area contributed by atoms with Gasteiger partial charge in [-0.05, 0) is 12.3 Å². The van der Waals surface area contributed by atoms with Gasteiger partial charge in [0.05, 0.1) is 7.11 Å². The van der Waals surface area contributed by atoms with Crippen LogP contribution in [0.25, 0.3) is 0 Å². The lowest BCUT2D eigenvalue weighted by Gasteiger charge is -1.91. The van der Waals surface area contributed by atoms with E-state index in [9.17, 15) is 9.59 Å². The fourth-order valence-electron chi connectivity index (χ4n) is 0.770. The minimum atomic E-state index is -0.663. The predicted molar refractivity (Wildman–Crippen MR) is 48.9 cm³/mol. The van der Waals surface area contributed by atoms with E-state index in [0.717, 1.165) is 19.3 Å². The number of unbranched alkanes of at least 4 members (excludes halogenated alkanes) is 2. The number of rotatable bonds is 4. The molecule has 3 nitrogen and oxygen atoms in total. The Morgan fingerprint density at radius 3 is 2.46 bits per heavy atom. The summed E-state index contributed by atoms with van der Waals surface area (Å²) in [5.41, 5.74) is 0. The van der Waals surface area contributed by atoms with Gasteiger partial charge in [0.1, 0.15) is 0 Å². The Hall–Kier alpha value is -1.30. The highest BCUT2D eigenvalue weighted by Gasteiger charge is 1.97. The van der Waals surface area contributed by atoms with Crippen LogP contribution < -0.4 is 0 Å². The number of esters is 1. The number of carbonyl (C=O) groups is 2. The van der Waals surface area contributed by atoms with Crippen molar-refractivity contribution in [2.24, 2.45) is 0 Å². The van der Waals surface area contributed by atoms with Crippen molar-refractivity contribution in [1.29, 1.82) is 0 Å². The molecule has 0 spiro atoms. The molecule has 0 aliphatic heterocycles. The number of carbonyl (C=O) groups excluding carboxylic acids is 2. The quantitative estimate of drug-likeness (QED) is 0.216. The maximum Gasteiger partial charge on any atom is 0.384 e. The van der Waals surface area contributed by atoms with Crippen LogP contribution >= 0.6 is 0 Å². The van der Waals surface area contributed by atoms with Crippen LogP contribution in [-0.2, 0) is 14.3 Å². The standard InChI is InChI=1S/C10H14O3/c1-3-4-5-6-9(11)7-8-10(12)13-2/h3-6H2,1-2H3. The second kappa shape index (κ2) is 7.35. The molecule has 0 atom stereocenters. The zero-order valence-corrected chi connectivity index (χ0v) is 8.05. The average molecular weight is 182 g/mol. The normalized spacial score (nSPS) is 8.46. The van der Waals surface area contributed by atoms with Crippen molar-refractivity contribution in [2.75, 3.05) is 7.11 Å². The molecule has 0 N–H and O–H groups in total. The Morgan fingerprint density at radius 1 is 1.23 bits per heavy atom. The molecule has 13 heavy (non-hydrogen) atoms. The molecule has 0 radical (unpaired) electrons. The smallest absolute Gasteiger partial charge is 0.384 e. The van der Waals surface area contributed by atoms with E-state index in [2.05, 4.69) is 23.5 Å². The number of ether oxygens (including phenoxy) is 1. The molecule has 0 aliphatic carbocycles. The van der Waals surface area contributed by atoms with Crippen molar-refractivity contribution in [3.8, 4) is 11.8 Å². The number of ketones is 1. The highest BCUT2D eigenvalue weighted by molar-refractivity contribution is 6.01. The van der Waals surface area contributed by atoms with Gasteiger partial charge in [-0.15, -0.1) is 0 Å². The predicted octanol–water partition coefficient (Wildman–Crippen LogP) is 1.31. The molecule has 0 aliphatic rings. The number of Topliss-reactive ketones (excluding diaryl/α,β-unsaturated/α-hetero) is 1. The fraction of sp³-hybridized carbons (Fsp3) is 0.600. The Bertz CT molecular complexity index is 232. The van der Waals surface area contributed by atoms with Crippen molar-refractivity contribution in [3.63, 3.8) is 0 Å². The highest BCUT2D eigenvalue weighted by atomic mass is 16.5. The first-order valence-electron chi connectivity index (χ1n) is 4.33. The van der Waals surface area contributed by atoms with Gasteiger partial charge in [-0.3, -0.25) is 4.79 Å². The van der Waals surface area contributed by atoms with Gasteiger partial charge in [0.2, 0.25) is 5.78 Å². The van der Waals surface area contributed by atoms with Gasteiger partial charge >= 0.3 is 5.97 Å². The summed E-state index contributed by atoms with van der Waals surface area (Å²) in [5.74, 6) is 3.47. The van der Waals surface area contributed by atoms with E-state index in [1.807, 2.05) is 0 Å². The van der Waals surface area contributed by atoms with E-state index in [1.165, 1.54) is 7.11 Å². The molecule has 0 rings (SSSR count). The lowest BCUT2D eigenvalue weighted by atomic mass is 10.1. The minimum absolute atomic E-state index is 0.196. The van der Waals surface area contributed by atoms with E-state index in [4.69, 9.17) is 0 Å². The molecule has 0 amide bonds. The zero-order valence-electron chi connectivity index (χ0n) is 8.05. The molecule has 0 saturated carbocycles. The number of methoxy groups -OCH3 is 1. The van der Waals surface area contributed by atoms with Crippen molar-refractivity contribution in [2.45, 2.75) is 32.6 Å². The number of hydrogen-bond donors (Lipinski definition) is 0. The van der Waals surface area contributed by atoms with Gasteiger partial charge in [-0.2, -0.15) is 0 Å². The van der Waals surface area contributed by atoms with Crippen LogP contribution in [0.1, 0.15) is 32.6 Å². The molecule has 0 unspecified atom stereocenters. The second-order valence-corrected chi connectivity index (χ2v) is 2.62. The Balaban J connectivity index is 3.71. The molecule has 0 saturated heterocycles. The summed E-state index contributed by atoms with van der Waals surface area (Å²) in [4.78, 5) is 21.5. The number of hydrogen-bond acceptors (Lipinski definition) is 3. The van der Waals surface area contributed by atoms with E-state index in [0.29, 0.717) is 6.42 Å². The van der Waals surface area contributed by atoms with Crippen LogP contribution in [0.3, 0.4) is 0 Å². The molecular formula is C10H14O3. The lowest BCUT2D eigenvalue weighted by molar-refractivity contribution is -0.133. The molecule has 3 heteroatoms. The van der Waals surface area contributed by atoms with Crippen molar-refractivity contribution in [3.05, 3.63) is 0 Å². The summed E-state index contributed by atoms with van der Waals surface area (Å²) in [6.45, 7) is 2.06. The second-order valence-electron chi connectivity index (χ2n) is 2.62. The van der Waals surface area contributed by atoms with Gasteiger partial charge < -0.3 is 4.74 Å². The lowest BCUT2D eigenvalue weighted by Crippen LogP contribution is -1.98. The highest BCUT2D eigenvalue weighted by Crippen LogP contribution is 1.98. The third kappa shape index (κ3) is 7.07. The Labute approximate surface area is 78.5 Å². The Kier molecular flexibility index (Phi) is 6.62. The Morgan fingerprint density at radius 2 is 1.92 bits per heavy atom. The monoisotopic (exact) mass is 182 g/mol. The molecule has 0 fully saturated rings. The molecule has 0 heterocycles. The largest absolute Gasteiger partial charge is 0.459 e. The first kappa shape index (κ1) is 11.7. The van der Waals surface area contributed by atoms with Gasteiger partial charge in [-0.1, -0.05) is 19.8 Å². The topological polar surface area (TPSA) is 43.4 Å². The van der Waals surface area contributed by atoms with Gasteiger partial charge in [0, 0.05) is 12.3 Å². The maximum absolute atomic E-state index is 11.0. The van der Waals surface area contributed by atoms with Crippen LogP contribution in [0.5, 0.6) is 0 Å². The van der Waals surface area contributed by atoms with Gasteiger partial charge in [0.25, 0.3) is 0 Å². The van der Waals surface area contributed by atoms with Crippen LogP contribution in [0.4, 0.5) is 0 Å². The molecule has 0 aromatic rings. The molecule has 72 valence electrons. The molecule has 0 aromatic carbocycles. The van der Waals surface area contributed by atoms with Gasteiger partial charge in [-0.25, -0.2) is 4.79 Å². The van der Waals surface area contributed by atoms with Crippen molar-refractivity contribution in [1.82, 2.24) is 0 Å². The third-order valence-electron chi connectivity index (χ3n) is 1.50. The van der Waals surface area contributed by atoms with E-state index < -0.39 is 5.97 Å². The molecule has 0 bridgehead atoms. The molecule has 0 aromatic heterocycles. The minimum Gasteiger partial charge on any atom is -0.459 e. The maximum atomic E-state index is 11.0. The summed E-state index contributed by atoms with van der Waals surface area (Å²) in [6, 6.07) is 0. The van der Waals surface area contributed by atoms with Crippen LogP contribution in [0.2, 0.25) is 0 Å². The first-order chi connectivity index (χ1) is 6.20. The summed E-state index contributed by atoms with van der Waals surface area (Å²) >= 11 is 0. The first-order valence-corrected chi connectivity index (χ1v) is 4.33. The van der Waals surface area contributed by atoms with Crippen LogP contribution in [-0.4, -0.2) is 18.9 Å². The van der Waals surface area contributed by atoms with E-state index in [-0.39, 0.29) is 5.78 Å². The third-order valence-corrected chi connectivity index (χ3v) is 1.50.